The SMILES string of the molecule is Oc1cccnc1NCc1cncs1. The van der Waals surface area contributed by atoms with Crippen LogP contribution in [-0.4, -0.2) is 15.1 Å². The maximum atomic E-state index is 9.40. The fraction of sp³-hybridized carbons (Fsp3) is 0.111. The molecule has 0 aliphatic carbocycles. The van der Waals surface area contributed by atoms with E-state index >= 15 is 0 Å². The minimum absolute atomic E-state index is 0.164. The van der Waals surface area contributed by atoms with Crippen LogP contribution in [0.2, 0.25) is 0 Å². The van der Waals surface area contributed by atoms with Gasteiger partial charge in [-0.1, -0.05) is 0 Å². The molecule has 14 heavy (non-hydrogen) atoms. The fourth-order valence-electron chi connectivity index (χ4n) is 1.03. The number of nitrogens with zero attached hydrogens (tertiary/aromatic N) is 2. The maximum Gasteiger partial charge on any atom is 0.168 e. The molecule has 2 heterocycles. The van der Waals surface area contributed by atoms with Gasteiger partial charge in [0.15, 0.2) is 11.6 Å². The van der Waals surface area contributed by atoms with Gasteiger partial charge in [-0.15, -0.1) is 11.3 Å². The summed E-state index contributed by atoms with van der Waals surface area (Å²) in [5, 5.41) is 12.4. The quantitative estimate of drug-likeness (QED) is 0.806. The molecule has 0 aliphatic rings. The van der Waals surface area contributed by atoms with Gasteiger partial charge in [0, 0.05) is 17.3 Å². The Bertz CT molecular complexity index is 402. The summed E-state index contributed by atoms with van der Waals surface area (Å²) in [5.74, 6) is 0.665. The number of rotatable bonds is 3. The molecule has 0 amide bonds. The Morgan fingerprint density at radius 1 is 1.50 bits per heavy atom. The van der Waals surface area contributed by atoms with Crippen molar-refractivity contribution in [3.8, 4) is 5.75 Å². The lowest BCUT2D eigenvalue weighted by Gasteiger charge is -2.04. The first-order chi connectivity index (χ1) is 6.86. The monoisotopic (exact) mass is 207 g/mol. The van der Waals surface area contributed by atoms with Gasteiger partial charge in [0.05, 0.1) is 12.1 Å². The number of nitrogens with one attached hydrogen (secondary N) is 1. The molecule has 0 unspecified atom stereocenters. The number of aromatic hydroxyl groups is 1. The average molecular weight is 207 g/mol. The van der Waals surface area contributed by atoms with Crippen molar-refractivity contribution in [1.82, 2.24) is 9.97 Å². The summed E-state index contributed by atoms with van der Waals surface area (Å²) in [6, 6.07) is 3.29. The first kappa shape index (κ1) is 8.96. The van der Waals surface area contributed by atoms with Crippen LogP contribution < -0.4 is 5.32 Å². The van der Waals surface area contributed by atoms with Crippen LogP contribution in [0.1, 0.15) is 4.88 Å². The molecule has 2 aromatic rings. The van der Waals surface area contributed by atoms with Crippen molar-refractivity contribution in [3.05, 3.63) is 34.9 Å². The molecule has 2 N–H and O–H groups in total. The van der Waals surface area contributed by atoms with Gasteiger partial charge in [-0.2, -0.15) is 0 Å². The molecule has 2 aromatic heterocycles. The zero-order valence-electron chi connectivity index (χ0n) is 7.34. The normalized spacial score (nSPS) is 10.0. The topological polar surface area (TPSA) is 58.0 Å². The van der Waals surface area contributed by atoms with Gasteiger partial charge in [0.25, 0.3) is 0 Å². The van der Waals surface area contributed by atoms with Crippen molar-refractivity contribution in [1.29, 1.82) is 0 Å². The molecule has 0 saturated carbocycles. The number of pyridine rings is 1. The second-order valence-electron chi connectivity index (χ2n) is 2.69. The van der Waals surface area contributed by atoms with E-state index in [9.17, 15) is 5.11 Å². The van der Waals surface area contributed by atoms with E-state index in [0.717, 1.165) is 4.88 Å². The van der Waals surface area contributed by atoms with Crippen molar-refractivity contribution >= 4 is 17.2 Å². The highest BCUT2D eigenvalue weighted by atomic mass is 32.1. The molecule has 4 nitrogen and oxygen atoms in total. The Morgan fingerprint density at radius 3 is 3.14 bits per heavy atom. The van der Waals surface area contributed by atoms with E-state index in [1.807, 2.05) is 0 Å². The third kappa shape index (κ3) is 2.00. The molecule has 0 bridgehead atoms. The van der Waals surface area contributed by atoms with E-state index in [1.165, 1.54) is 0 Å². The number of aromatic nitrogens is 2. The molecule has 0 atom stereocenters. The average Bonchev–Trinajstić information content (AvgIpc) is 2.69. The lowest BCUT2D eigenvalue weighted by molar-refractivity contribution is 0.475. The van der Waals surface area contributed by atoms with Crippen molar-refractivity contribution in [2.75, 3.05) is 5.32 Å². The van der Waals surface area contributed by atoms with Gasteiger partial charge in [0.2, 0.25) is 0 Å². The van der Waals surface area contributed by atoms with Gasteiger partial charge in [-0.3, -0.25) is 4.98 Å². The second kappa shape index (κ2) is 4.06. The van der Waals surface area contributed by atoms with Crippen molar-refractivity contribution in [3.63, 3.8) is 0 Å². The molecule has 0 aliphatic heterocycles. The van der Waals surface area contributed by atoms with E-state index in [-0.39, 0.29) is 5.75 Å². The van der Waals surface area contributed by atoms with Crippen molar-refractivity contribution in [2.24, 2.45) is 0 Å². The standard InChI is InChI=1S/C9H9N3OS/c13-8-2-1-3-11-9(8)12-5-7-4-10-6-14-7/h1-4,6,13H,5H2,(H,11,12). The summed E-state index contributed by atoms with van der Waals surface area (Å²) in [7, 11) is 0. The van der Waals surface area contributed by atoms with Gasteiger partial charge in [0.1, 0.15) is 0 Å². The Balaban J connectivity index is 2.02. The Morgan fingerprint density at radius 2 is 2.43 bits per heavy atom. The van der Waals surface area contributed by atoms with Crippen LogP contribution in [0, 0.1) is 0 Å². The van der Waals surface area contributed by atoms with Crippen molar-refractivity contribution in [2.45, 2.75) is 6.54 Å². The molecule has 0 aromatic carbocycles. The molecule has 5 heteroatoms. The smallest absolute Gasteiger partial charge is 0.168 e. The highest BCUT2D eigenvalue weighted by Gasteiger charge is 2.00. The van der Waals surface area contributed by atoms with Crippen LogP contribution in [0.4, 0.5) is 5.82 Å². The third-order valence-electron chi connectivity index (χ3n) is 1.70. The largest absolute Gasteiger partial charge is 0.504 e. The number of anilines is 1. The third-order valence-corrected chi connectivity index (χ3v) is 2.48. The predicted molar refractivity (Wildman–Crippen MR) is 55.3 cm³/mol. The Hall–Kier alpha value is -1.62. The Labute approximate surface area is 85.3 Å². The minimum atomic E-state index is 0.164. The molecule has 0 saturated heterocycles. The van der Waals surface area contributed by atoms with E-state index in [2.05, 4.69) is 15.3 Å². The van der Waals surface area contributed by atoms with E-state index < -0.39 is 0 Å². The minimum Gasteiger partial charge on any atom is -0.504 e. The second-order valence-corrected chi connectivity index (χ2v) is 3.66. The lowest BCUT2D eigenvalue weighted by atomic mass is 10.4. The summed E-state index contributed by atoms with van der Waals surface area (Å²) < 4.78 is 0. The molecular formula is C9H9N3OS. The van der Waals surface area contributed by atoms with Crippen LogP contribution in [0.3, 0.4) is 0 Å². The molecule has 2 rings (SSSR count). The first-order valence-corrected chi connectivity index (χ1v) is 4.99. The van der Waals surface area contributed by atoms with Gasteiger partial charge >= 0.3 is 0 Å². The van der Waals surface area contributed by atoms with Crippen LogP contribution in [0.5, 0.6) is 5.75 Å². The maximum absolute atomic E-state index is 9.40. The van der Waals surface area contributed by atoms with Crippen LogP contribution >= 0.6 is 11.3 Å². The first-order valence-electron chi connectivity index (χ1n) is 4.11. The van der Waals surface area contributed by atoms with Gasteiger partial charge in [-0.25, -0.2) is 4.98 Å². The summed E-state index contributed by atoms with van der Waals surface area (Å²) >= 11 is 1.57. The van der Waals surface area contributed by atoms with Crippen molar-refractivity contribution < 1.29 is 5.11 Å². The molecular weight excluding hydrogens is 198 g/mol. The van der Waals surface area contributed by atoms with E-state index in [4.69, 9.17) is 0 Å². The summed E-state index contributed by atoms with van der Waals surface area (Å²) in [6.07, 6.45) is 3.42. The van der Waals surface area contributed by atoms with Crippen LogP contribution in [0.25, 0.3) is 0 Å². The zero-order valence-corrected chi connectivity index (χ0v) is 8.16. The molecule has 0 fully saturated rings. The molecule has 0 spiro atoms. The van der Waals surface area contributed by atoms with Crippen LogP contribution in [-0.2, 0) is 6.54 Å². The number of thiazole rings is 1. The molecule has 72 valence electrons. The summed E-state index contributed by atoms with van der Waals surface area (Å²) in [5.41, 5.74) is 1.77. The highest BCUT2D eigenvalue weighted by Crippen LogP contribution is 2.19. The van der Waals surface area contributed by atoms with Gasteiger partial charge < -0.3 is 10.4 Å². The van der Waals surface area contributed by atoms with E-state index in [1.54, 1.807) is 41.4 Å². The van der Waals surface area contributed by atoms with E-state index in [0.29, 0.717) is 12.4 Å². The fourth-order valence-corrected chi connectivity index (χ4v) is 1.57. The summed E-state index contributed by atoms with van der Waals surface area (Å²) in [6.45, 7) is 0.634. The zero-order chi connectivity index (χ0) is 9.80. The predicted octanol–water partition coefficient (Wildman–Crippen LogP) is 1.86. The van der Waals surface area contributed by atoms with Gasteiger partial charge in [-0.05, 0) is 12.1 Å². The Kier molecular flexibility index (Phi) is 2.60. The number of hydrogen-bond acceptors (Lipinski definition) is 5. The number of hydrogen-bond donors (Lipinski definition) is 2. The summed E-state index contributed by atoms with van der Waals surface area (Å²) in [4.78, 5) is 9.06. The van der Waals surface area contributed by atoms with Crippen LogP contribution in [0.15, 0.2) is 30.0 Å². The molecule has 0 radical (unpaired) electrons. The lowest BCUT2D eigenvalue weighted by Crippen LogP contribution is -1.99. The highest BCUT2D eigenvalue weighted by molar-refractivity contribution is 7.09.